The van der Waals surface area contributed by atoms with Crippen LogP contribution in [0.1, 0.15) is 35.0 Å². The highest BCUT2D eigenvalue weighted by Gasteiger charge is 2.19. The average molecular weight is 376 g/mol. The van der Waals surface area contributed by atoms with Crippen molar-refractivity contribution in [2.45, 2.75) is 27.3 Å². The second-order valence-corrected chi connectivity index (χ2v) is 6.65. The lowest BCUT2D eigenvalue weighted by Gasteiger charge is -2.12. The molecule has 0 aliphatic heterocycles. The Morgan fingerprint density at radius 3 is 2.50 bits per heavy atom. The number of aromatic hydroxyl groups is 1. The second kappa shape index (κ2) is 8.57. The van der Waals surface area contributed by atoms with Crippen molar-refractivity contribution in [3.05, 3.63) is 82.9 Å². The highest BCUT2D eigenvalue weighted by molar-refractivity contribution is 6.20. The van der Waals surface area contributed by atoms with Gasteiger partial charge in [0.25, 0.3) is 0 Å². The number of carbonyl (C=O) groups excluding carboxylic acids is 1. The fourth-order valence-electron chi connectivity index (χ4n) is 3.12. The second-order valence-electron chi connectivity index (χ2n) is 6.65. The number of hydrogen-bond donors (Lipinski definition) is 1. The van der Waals surface area contributed by atoms with Crippen LogP contribution in [0.2, 0.25) is 0 Å². The van der Waals surface area contributed by atoms with Crippen LogP contribution in [0.15, 0.2) is 54.9 Å². The lowest BCUT2D eigenvalue weighted by atomic mass is 10.0. The van der Waals surface area contributed by atoms with Gasteiger partial charge in [-0.3, -0.25) is 0 Å². The fourth-order valence-corrected chi connectivity index (χ4v) is 3.12. The van der Waals surface area contributed by atoms with Crippen molar-refractivity contribution in [1.29, 1.82) is 0 Å². The van der Waals surface area contributed by atoms with E-state index in [1.54, 1.807) is 19.2 Å². The molecule has 0 saturated heterocycles. The number of phenolic OH excluding ortho intramolecular Hbond substituents is 1. The van der Waals surface area contributed by atoms with Crippen molar-refractivity contribution < 1.29 is 14.6 Å². The van der Waals surface area contributed by atoms with E-state index in [0.717, 1.165) is 22.3 Å². The largest absolute Gasteiger partial charge is 0.507 e. The van der Waals surface area contributed by atoms with Crippen LogP contribution >= 0.6 is 0 Å². The normalized spacial score (nSPS) is 11.5. The summed E-state index contributed by atoms with van der Waals surface area (Å²) in [5, 5.41) is 10.0. The number of benzene rings is 2. The molecular weight excluding hydrogens is 352 g/mol. The van der Waals surface area contributed by atoms with Crippen molar-refractivity contribution in [2.75, 3.05) is 6.61 Å². The van der Waals surface area contributed by atoms with Gasteiger partial charge in [-0.2, -0.15) is 0 Å². The zero-order valence-corrected chi connectivity index (χ0v) is 16.3. The van der Waals surface area contributed by atoms with E-state index in [1.807, 2.05) is 67.1 Å². The van der Waals surface area contributed by atoms with Crippen LogP contribution in [-0.2, 0) is 16.1 Å². The molecule has 3 rings (SSSR count). The number of ether oxygens (including phenoxy) is 1. The highest BCUT2D eigenvalue weighted by Crippen LogP contribution is 2.26. The molecule has 0 aliphatic carbocycles. The molecule has 0 amide bonds. The fraction of sp³-hybridized carbons (Fsp3) is 0.217. The van der Waals surface area contributed by atoms with Gasteiger partial charge in [0.1, 0.15) is 17.1 Å². The Morgan fingerprint density at radius 1 is 1.18 bits per heavy atom. The monoisotopic (exact) mass is 376 g/mol. The van der Waals surface area contributed by atoms with E-state index in [0.29, 0.717) is 17.9 Å². The Morgan fingerprint density at radius 2 is 1.86 bits per heavy atom. The molecule has 1 heterocycles. The Kier molecular flexibility index (Phi) is 5.94. The van der Waals surface area contributed by atoms with Crippen LogP contribution in [0.3, 0.4) is 0 Å². The van der Waals surface area contributed by atoms with Gasteiger partial charge in [-0.25, -0.2) is 9.78 Å². The van der Waals surface area contributed by atoms with Crippen LogP contribution in [-0.4, -0.2) is 27.2 Å². The first-order valence-corrected chi connectivity index (χ1v) is 9.24. The minimum Gasteiger partial charge on any atom is -0.507 e. The standard InChI is InChI=1S/C23H24N2O3/c1-4-28-23(27)20(14-19-12-16(2)21(26)17(3)13-19)22-24-10-11-25(22)15-18-8-6-5-7-9-18/h5-14,26H,4,15H2,1-3H3/b20-14+. The van der Waals surface area contributed by atoms with Gasteiger partial charge in [0.05, 0.1) is 6.61 Å². The number of nitrogens with zero attached hydrogens (tertiary/aromatic N) is 2. The van der Waals surface area contributed by atoms with Gasteiger partial charge in [-0.15, -0.1) is 0 Å². The highest BCUT2D eigenvalue weighted by atomic mass is 16.5. The van der Waals surface area contributed by atoms with E-state index in [1.165, 1.54) is 0 Å². The first-order valence-electron chi connectivity index (χ1n) is 9.24. The van der Waals surface area contributed by atoms with E-state index in [-0.39, 0.29) is 12.4 Å². The summed E-state index contributed by atoms with van der Waals surface area (Å²) in [6, 6.07) is 13.7. The summed E-state index contributed by atoms with van der Waals surface area (Å²) in [6.45, 7) is 6.32. The molecule has 5 heteroatoms. The maximum Gasteiger partial charge on any atom is 0.341 e. The predicted octanol–water partition coefficient (Wildman–Crippen LogP) is 4.36. The van der Waals surface area contributed by atoms with Crippen molar-refractivity contribution in [3.63, 3.8) is 0 Å². The number of phenols is 1. The van der Waals surface area contributed by atoms with Gasteiger partial charge in [0, 0.05) is 18.9 Å². The van der Waals surface area contributed by atoms with Crippen molar-refractivity contribution in [1.82, 2.24) is 9.55 Å². The minimum atomic E-state index is -0.425. The van der Waals surface area contributed by atoms with Gasteiger partial charge < -0.3 is 14.4 Å². The third kappa shape index (κ3) is 4.31. The summed E-state index contributed by atoms with van der Waals surface area (Å²) in [4.78, 5) is 17.1. The van der Waals surface area contributed by atoms with E-state index in [2.05, 4.69) is 4.98 Å². The van der Waals surface area contributed by atoms with Gasteiger partial charge >= 0.3 is 5.97 Å². The summed E-state index contributed by atoms with van der Waals surface area (Å²) in [5.41, 5.74) is 3.81. The molecule has 0 radical (unpaired) electrons. The molecular formula is C23H24N2O3. The van der Waals surface area contributed by atoms with Crippen LogP contribution in [0, 0.1) is 13.8 Å². The zero-order valence-electron chi connectivity index (χ0n) is 16.3. The van der Waals surface area contributed by atoms with Gasteiger partial charge in [-0.05, 0) is 61.2 Å². The molecule has 0 fully saturated rings. The van der Waals surface area contributed by atoms with Crippen molar-refractivity contribution in [2.24, 2.45) is 0 Å². The maximum absolute atomic E-state index is 12.7. The van der Waals surface area contributed by atoms with Gasteiger partial charge in [-0.1, -0.05) is 30.3 Å². The summed E-state index contributed by atoms with van der Waals surface area (Å²) >= 11 is 0. The Balaban J connectivity index is 2.05. The molecule has 0 spiro atoms. The third-order valence-corrected chi connectivity index (χ3v) is 4.47. The van der Waals surface area contributed by atoms with E-state index in [4.69, 9.17) is 4.74 Å². The number of aryl methyl sites for hydroxylation is 2. The lowest BCUT2D eigenvalue weighted by molar-refractivity contribution is -0.136. The minimum absolute atomic E-state index is 0.264. The average Bonchev–Trinajstić information content (AvgIpc) is 3.12. The maximum atomic E-state index is 12.7. The molecule has 0 atom stereocenters. The van der Waals surface area contributed by atoms with Gasteiger partial charge in [0.2, 0.25) is 0 Å². The molecule has 0 saturated carbocycles. The molecule has 5 nitrogen and oxygen atoms in total. The van der Waals surface area contributed by atoms with E-state index < -0.39 is 5.97 Å². The molecule has 0 bridgehead atoms. The van der Waals surface area contributed by atoms with Crippen molar-refractivity contribution >= 4 is 17.6 Å². The Bertz CT molecular complexity index is 981. The smallest absolute Gasteiger partial charge is 0.341 e. The SMILES string of the molecule is CCOC(=O)/C(=C/c1cc(C)c(O)c(C)c1)c1nccn1Cc1ccccc1. The topological polar surface area (TPSA) is 64.3 Å². The molecule has 1 N–H and O–H groups in total. The Hall–Kier alpha value is -3.34. The summed E-state index contributed by atoms with van der Waals surface area (Å²) < 4.78 is 7.21. The quantitative estimate of drug-likeness (QED) is 0.513. The van der Waals surface area contributed by atoms with E-state index in [9.17, 15) is 9.90 Å². The third-order valence-electron chi connectivity index (χ3n) is 4.47. The number of aromatic nitrogens is 2. The number of rotatable bonds is 6. The molecule has 28 heavy (non-hydrogen) atoms. The molecule has 144 valence electrons. The first kappa shape index (κ1) is 19.4. The van der Waals surface area contributed by atoms with Crippen LogP contribution in [0.25, 0.3) is 11.6 Å². The summed E-state index contributed by atoms with van der Waals surface area (Å²) in [7, 11) is 0. The number of esters is 1. The van der Waals surface area contributed by atoms with Crippen LogP contribution in [0.5, 0.6) is 5.75 Å². The molecule has 3 aromatic rings. The number of hydrogen-bond acceptors (Lipinski definition) is 4. The molecule has 0 aliphatic rings. The Labute approximate surface area is 164 Å². The van der Waals surface area contributed by atoms with Crippen molar-refractivity contribution in [3.8, 4) is 5.75 Å². The molecule has 1 aromatic heterocycles. The summed E-state index contributed by atoms with van der Waals surface area (Å²) in [6.07, 6.45) is 5.29. The van der Waals surface area contributed by atoms with E-state index >= 15 is 0 Å². The number of carbonyl (C=O) groups is 1. The number of imidazole rings is 1. The first-order chi connectivity index (χ1) is 13.5. The molecule has 0 unspecified atom stereocenters. The van der Waals surface area contributed by atoms with Crippen LogP contribution < -0.4 is 0 Å². The van der Waals surface area contributed by atoms with Crippen LogP contribution in [0.4, 0.5) is 0 Å². The lowest BCUT2D eigenvalue weighted by Crippen LogP contribution is -2.12. The summed E-state index contributed by atoms with van der Waals surface area (Å²) in [5.74, 6) is 0.387. The predicted molar refractivity (Wildman–Crippen MR) is 110 cm³/mol. The van der Waals surface area contributed by atoms with Gasteiger partial charge in [0.15, 0.2) is 0 Å². The zero-order chi connectivity index (χ0) is 20.1. The molecule has 2 aromatic carbocycles.